The number of benzene rings is 1. The van der Waals surface area contributed by atoms with Gasteiger partial charge >= 0.3 is 0 Å². The molecule has 6 rings (SSSR count). The number of nitrogens with one attached hydrogen (secondary N) is 2. The Balaban J connectivity index is 0.00000128. The summed E-state index contributed by atoms with van der Waals surface area (Å²) in [5.74, 6) is 2.50. The lowest BCUT2D eigenvalue weighted by molar-refractivity contribution is 0.0107. The molecule has 0 atom stereocenters. The smallest absolute Gasteiger partial charge is 0.275 e. The van der Waals surface area contributed by atoms with Gasteiger partial charge in [0.2, 0.25) is 0 Å². The molecule has 0 radical (unpaired) electrons. The lowest BCUT2D eigenvalue weighted by atomic mass is 9.53. The molecular weight excluding hydrogens is 439 g/mol. The fourth-order valence-electron chi connectivity index (χ4n) is 6.09. The van der Waals surface area contributed by atoms with E-state index >= 15 is 0 Å². The molecule has 5 nitrogen and oxygen atoms in total. The Kier molecular flexibility index (Phi) is 7.33. The quantitative estimate of drug-likeness (QED) is 0.549. The maximum Gasteiger partial charge on any atom is 0.275 e. The summed E-state index contributed by atoms with van der Waals surface area (Å²) in [6.07, 6.45) is 8.81. The van der Waals surface area contributed by atoms with Crippen molar-refractivity contribution < 1.29 is 4.79 Å². The molecule has 0 spiro atoms. The summed E-state index contributed by atoms with van der Waals surface area (Å²) < 4.78 is 0. The van der Waals surface area contributed by atoms with Crippen LogP contribution in [-0.2, 0) is 6.42 Å². The highest BCUT2D eigenvalue weighted by Gasteiger charge is 2.51. The predicted octanol–water partition coefficient (Wildman–Crippen LogP) is 5.12. The lowest BCUT2D eigenvalue weighted by Gasteiger charge is -2.57. The maximum absolute atomic E-state index is 12.7. The highest BCUT2D eigenvalue weighted by Crippen LogP contribution is 2.56. The molecule has 1 aromatic heterocycles. The zero-order valence-electron chi connectivity index (χ0n) is 16.9. The van der Waals surface area contributed by atoms with Gasteiger partial charge in [0, 0.05) is 17.3 Å². The van der Waals surface area contributed by atoms with E-state index in [-0.39, 0.29) is 36.3 Å². The lowest BCUT2D eigenvalue weighted by Crippen LogP contribution is -2.54. The summed E-state index contributed by atoms with van der Waals surface area (Å²) in [4.78, 5) is 17.1. The van der Waals surface area contributed by atoms with Crippen molar-refractivity contribution in [2.75, 3.05) is 17.2 Å². The van der Waals surface area contributed by atoms with Crippen LogP contribution in [0.4, 0.5) is 11.4 Å². The number of amides is 1. The van der Waals surface area contributed by atoms with Gasteiger partial charge in [-0.2, -0.15) is 0 Å². The van der Waals surface area contributed by atoms with Gasteiger partial charge < -0.3 is 16.4 Å². The van der Waals surface area contributed by atoms with Crippen molar-refractivity contribution >= 4 is 53.4 Å². The van der Waals surface area contributed by atoms with E-state index in [0.717, 1.165) is 34.1 Å². The first-order valence-electron chi connectivity index (χ1n) is 10.5. The third-order valence-corrected chi connectivity index (χ3v) is 7.66. The summed E-state index contributed by atoms with van der Waals surface area (Å²) >= 11 is 1.49. The van der Waals surface area contributed by atoms with Gasteiger partial charge in [-0.1, -0.05) is 12.1 Å². The van der Waals surface area contributed by atoms with Gasteiger partial charge in [-0.3, -0.25) is 4.79 Å². The molecule has 0 aliphatic heterocycles. The summed E-state index contributed by atoms with van der Waals surface area (Å²) in [5, 5.41) is 9.69. The van der Waals surface area contributed by atoms with E-state index in [0.29, 0.717) is 18.7 Å². The number of carbonyl (C=O) groups excluding carboxylic acids is 1. The molecule has 1 amide bonds. The number of rotatable bonds is 6. The normalized spacial score (nSPS) is 28.4. The van der Waals surface area contributed by atoms with Crippen LogP contribution in [-0.4, -0.2) is 23.0 Å². The van der Waals surface area contributed by atoms with Crippen LogP contribution in [0.3, 0.4) is 0 Å². The Bertz CT molecular complexity index is 852. The molecule has 164 valence electrons. The van der Waals surface area contributed by atoms with Crippen LogP contribution in [0, 0.1) is 17.8 Å². The summed E-state index contributed by atoms with van der Waals surface area (Å²) in [6.45, 7) is 0.548. The number of nitrogens with two attached hydrogens (primary N) is 1. The molecule has 2 aromatic rings. The Morgan fingerprint density at radius 3 is 2.27 bits per heavy atom. The van der Waals surface area contributed by atoms with E-state index in [4.69, 9.17) is 5.73 Å². The van der Waals surface area contributed by atoms with Crippen molar-refractivity contribution in [2.24, 2.45) is 23.5 Å². The first-order valence-corrected chi connectivity index (χ1v) is 11.3. The number of hydrogen-bond acceptors (Lipinski definition) is 5. The molecule has 8 heteroatoms. The maximum atomic E-state index is 12.7. The average Bonchev–Trinajstić information content (AvgIpc) is 3.11. The van der Waals surface area contributed by atoms with Crippen molar-refractivity contribution in [3.63, 3.8) is 0 Å². The van der Waals surface area contributed by atoms with Crippen molar-refractivity contribution in [3.05, 3.63) is 40.3 Å². The molecule has 1 heterocycles. The van der Waals surface area contributed by atoms with Crippen LogP contribution in [0.25, 0.3) is 0 Å². The van der Waals surface area contributed by atoms with Crippen LogP contribution in [0.15, 0.2) is 29.6 Å². The zero-order valence-corrected chi connectivity index (χ0v) is 19.4. The minimum Gasteiger partial charge on any atom is -0.378 e. The fraction of sp³-hybridized carbons (Fsp3) is 0.545. The van der Waals surface area contributed by atoms with Crippen LogP contribution >= 0.6 is 36.2 Å². The average molecular weight is 469 g/mol. The van der Waals surface area contributed by atoms with Crippen molar-refractivity contribution in [3.8, 4) is 0 Å². The Labute approximate surface area is 194 Å². The third kappa shape index (κ3) is 4.62. The molecular formula is C22H30Cl2N4OS. The number of aromatic nitrogens is 1. The van der Waals surface area contributed by atoms with E-state index in [1.807, 2.05) is 23.6 Å². The largest absolute Gasteiger partial charge is 0.378 e. The van der Waals surface area contributed by atoms with Crippen molar-refractivity contribution in [1.82, 2.24) is 4.98 Å². The molecule has 0 saturated heterocycles. The highest BCUT2D eigenvalue weighted by atomic mass is 35.5. The van der Waals surface area contributed by atoms with Gasteiger partial charge in [0.15, 0.2) is 0 Å². The van der Waals surface area contributed by atoms with Crippen LogP contribution < -0.4 is 16.4 Å². The number of nitrogens with zero attached hydrogens (tertiary/aromatic N) is 1. The molecule has 4 saturated carbocycles. The second kappa shape index (κ2) is 9.43. The summed E-state index contributed by atoms with van der Waals surface area (Å²) in [7, 11) is 0. The van der Waals surface area contributed by atoms with E-state index in [1.165, 1.54) is 49.9 Å². The van der Waals surface area contributed by atoms with Crippen molar-refractivity contribution in [1.29, 1.82) is 0 Å². The molecule has 30 heavy (non-hydrogen) atoms. The Morgan fingerprint density at radius 1 is 1.07 bits per heavy atom. The highest BCUT2D eigenvalue weighted by molar-refractivity contribution is 7.09. The molecule has 4 N–H and O–H groups in total. The number of halogens is 2. The zero-order chi connectivity index (χ0) is 19.1. The van der Waals surface area contributed by atoms with Gasteiger partial charge in [-0.25, -0.2) is 4.98 Å². The van der Waals surface area contributed by atoms with E-state index in [1.54, 1.807) is 0 Å². The number of para-hydroxylation sites is 2. The van der Waals surface area contributed by atoms with E-state index in [2.05, 4.69) is 21.7 Å². The first kappa shape index (κ1) is 23.3. The molecule has 4 aliphatic carbocycles. The van der Waals surface area contributed by atoms with E-state index < -0.39 is 0 Å². The molecule has 0 unspecified atom stereocenters. The third-order valence-electron chi connectivity index (χ3n) is 6.76. The van der Waals surface area contributed by atoms with Crippen molar-refractivity contribution in [2.45, 2.75) is 50.5 Å². The topological polar surface area (TPSA) is 80.0 Å². The van der Waals surface area contributed by atoms with Gasteiger partial charge in [-0.15, -0.1) is 36.2 Å². The minimum atomic E-state index is -0.153. The monoisotopic (exact) mass is 468 g/mol. The first-order chi connectivity index (χ1) is 13.6. The van der Waals surface area contributed by atoms with Gasteiger partial charge in [0.25, 0.3) is 5.91 Å². The number of anilines is 2. The van der Waals surface area contributed by atoms with Crippen LogP contribution in [0.1, 0.15) is 54.0 Å². The van der Waals surface area contributed by atoms with Crippen LogP contribution in [0.2, 0.25) is 0 Å². The molecule has 4 aliphatic rings. The summed E-state index contributed by atoms with van der Waals surface area (Å²) in [5.41, 5.74) is 8.15. The number of carbonyl (C=O) groups is 1. The SMILES string of the molecule is Cl.Cl.NCCc1nc(C(=O)Nc2ccccc2NC23CC4CC(CC(C4)C2)C3)cs1. The Hall–Kier alpha value is -1.34. The standard InChI is InChI=1S/C22H28N4OS.2ClH/c23-6-5-20-24-19(13-28-20)21(27)25-17-3-1-2-4-18(17)26-22-10-14-7-15(11-22)9-16(8-14)12-22;;/h1-4,13-16,26H,5-12,23H2,(H,25,27);2*1H. The molecule has 4 fully saturated rings. The predicted molar refractivity (Wildman–Crippen MR) is 128 cm³/mol. The van der Waals surface area contributed by atoms with Gasteiger partial charge in [0.05, 0.1) is 16.4 Å². The molecule has 1 aromatic carbocycles. The minimum absolute atomic E-state index is 0. The second-order valence-electron chi connectivity index (χ2n) is 8.99. The second-order valence-corrected chi connectivity index (χ2v) is 9.93. The molecule has 4 bridgehead atoms. The van der Waals surface area contributed by atoms with Gasteiger partial charge in [0.1, 0.15) is 5.69 Å². The fourth-order valence-corrected chi connectivity index (χ4v) is 6.88. The van der Waals surface area contributed by atoms with Gasteiger partial charge in [-0.05, 0) is 75.0 Å². The number of thiazole rings is 1. The van der Waals surface area contributed by atoms with E-state index in [9.17, 15) is 4.79 Å². The Morgan fingerprint density at radius 2 is 1.67 bits per heavy atom. The van der Waals surface area contributed by atoms with Crippen LogP contribution in [0.5, 0.6) is 0 Å². The summed E-state index contributed by atoms with van der Waals surface area (Å²) in [6, 6.07) is 8.09. The number of hydrogen-bond donors (Lipinski definition) is 3.